The van der Waals surface area contributed by atoms with Gasteiger partial charge in [0, 0.05) is 17.1 Å². The van der Waals surface area contributed by atoms with E-state index in [0.717, 1.165) is 29.5 Å². The van der Waals surface area contributed by atoms with Crippen LogP contribution in [0.3, 0.4) is 0 Å². The van der Waals surface area contributed by atoms with Crippen molar-refractivity contribution in [1.29, 1.82) is 0 Å². The molecule has 19 heavy (non-hydrogen) atoms. The molecule has 1 aromatic carbocycles. The summed E-state index contributed by atoms with van der Waals surface area (Å²) in [4.78, 5) is 0. The zero-order valence-electron chi connectivity index (χ0n) is 10.9. The largest absolute Gasteiger partial charge is 0.375 e. The predicted molar refractivity (Wildman–Crippen MR) is 76.3 cm³/mol. The molecule has 0 aromatic heterocycles. The molecule has 2 N–H and O–H groups in total. The topological polar surface area (TPSA) is 35.2 Å². The average Bonchev–Trinajstić information content (AvgIpc) is 2.36. The molecule has 1 aliphatic heterocycles. The Labute approximate surface area is 121 Å². The van der Waals surface area contributed by atoms with Crippen LogP contribution < -0.4 is 5.73 Å². The lowest BCUT2D eigenvalue weighted by Crippen LogP contribution is -2.47. The normalized spacial score (nSPS) is 27.0. The summed E-state index contributed by atoms with van der Waals surface area (Å²) < 4.78 is 19.9. The first-order valence-corrected chi connectivity index (χ1v) is 7.73. The van der Waals surface area contributed by atoms with Gasteiger partial charge in [-0.15, -0.1) is 0 Å². The molecule has 1 saturated heterocycles. The number of hydrogen-bond acceptors (Lipinski definition) is 2. The Morgan fingerprint density at radius 3 is 2.84 bits per heavy atom. The average molecular weight is 328 g/mol. The molecule has 2 nitrogen and oxygen atoms in total. The fraction of sp³-hybridized carbons (Fsp3) is 0.600. The van der Waals surface area contributed by atoms with Gasteiger partial charge in [0.05, 0.1) is 5.60 Å². The third kappa shape index (κ3) is 2.58. The van der Waals surface area contributed by atoms with Crippen LogP contribution in [-0.4, -0.2) is 12.2 Å². The van der Waals surface area contributed by atoms with Crippen LogP contribution in [0.25, 0.3) is 0 Å². The summed E-state index contributed by atoms with van der Waals surface area (Å²) in [6, 6.07) is 4.73. The number of ether oxygens (including phenoxy) is 1. The SMILES string of the molecule is NC(c1ccc(F)cc1Br)C1CCOC2(CCC2)C1. The van der Waals surface area contributed by atoms with E-state index in [0.29, 0.717) is 5.92 Å². The molecule has 2 aliphatic rings. The van der Waals surface area contributed by atoms with Gasteiger partial charge < -0.3 is 10.5 Å². The van der Waals surface area contributed by atoms with Crippen LogP contribution in [0.5, 0.6) is 0 Å². The number of rotatable bonds is 2. The van der Waals surface area contributed by atoms with Crippen molar-refractivity contribution in [3.63, 3.8) is 0 Å². The molecule has 2 unspecified atom stereocenters. The van der Waals surface area contributed by atoms with Crippen molar-refractivity contribution in [2.45, 2.75) is 43.7 Å². The summed E-state index contributed by atoms with van der Waals surface area (Å²) in [5.74, 6) is 0.195. The Morgan fingerprint density at radius 2 is 2.21 bits per heavy atom. The second-order valence-corrected chi connectivity index (χ2v) is 6.68. The first-order chi connectivity index (χ1) is 9.10. The highest BCUT2D eigenvalue weighted by Gasteiger charge is 2.44. The van der Waals surface area contributed by atoms with Gasteiger partial charge in [-0.05, 0) is 55.7 Å². The van der Waals surface area contributed by atoms with Gasteiger partial charge >= 0.3 is 0 Å². The monoisotopic (exact) mass is 327 g/mol. The molecule has 1 aromatic rings. The maximum absolute atomic E-state index is 13.1. The summed E-state index contributed by atoms with van der Waals surface area (Å²) in [5, 5.41) is 0. The van der Waals surface area contributed by atoms with Crippen molar-refractivity contribution < 1.29 is 9.13 Å². The molecule has 3 rings (SSSR count). The van der Waals surface area contributed by atoms with Gasteiger partial charge in [0.1, 0.15) is 5.82 Å². The van der Waals surface area contributed by atoms with Gasteiger partial charge in [-0.2, -0.15) is 0 Å². The summed E-state index contributed by atoms with van der Waals surface area (Å²) in [6.07, 6.45) is 5.63. The third-order valence-corrected chi connectivity index (χ3v) is 5.31. The van der Waals surface area contributed by atoms with Crippen LogP contribution in [0.4, 0.5) is 4.39 Å². The fourth-order valence-corrected chi connectivity index (χ4v) is 3.93. The fourth-order valence-electron chi connectivity index (χ4n) is 3.32. The lowest BCUT2D eigenvalue weighted by Gasteiger charge is -2.48. The van der Waals surface area contributed by atoms with Crippen molar-refractivity contribution >= 4 is 15.9 Å². The Morgan fingerprint density at radius 1 is 1.42 bits per heavy atom. The zero-order valence-corrected chi connectivity index (χ0v) is 12.5. The Bertz CT molecular complexity index is 475. The van der Waals surface area contributed by atoms with Crippen molar-refractivity contribution in [3.8, 4) is 0 Å². The highest BCUT2D eigenvalue weighted by atomic mass is 79.9. The number of halogens is 2. The van der Waals surface area contributed by atoms with E-state index in [1.807, 2.05) is 0 Å². The van der Waals surface area contributed by atoms with Gasteiger partial charge in [-0.3, -0.25) is 0 Å². The lowest BCUT2D eigenvalue weighted by molar-refractivity contribution is -0.146. The molecular formula is C15H19BrFNO. The van der Waals surface area contributed by atoms with Gasteiger partial charge in [0.15, 0.2) is 0 Å². The van der Waals surface area contributed by atoms with Crippen LogP contribution in [0.1, 0.15) is 43.7 Å². The molecule has 0 bridgehead atoms. The minimum absolute atomic E-state index is 0.0450. The van der Waals surface area contributed by atoms with Crippen LogP contribution in [0.15, 0.2) is 22.7 Å². The first-order valence-electron chi connectivity index (χ1n) is 6.94. The van der Waals surface area contributed by atoms with E-state index >= 15 is 0 Å². The van der Waals surface area contributed by atoms with Crippen molar-refractivity contribution in [2.24, 2.45) is 11.7 Å². The Balaban J connectivity index is 1.77. The summed E-state index contributed by atoms with van der Waals surface area (Å²) in [7, 11) is 0. The number of benzene rings is 1. The number of nitrogens with two attached hydrogens (primary N) is 1. The molecular weight excluding hydrogens is 309 g/mol. The minimum atomic E-state index is -0.231. The molecule has 104 valence electrons. The summed E-state index contributed by atoms with van der Waals surface area (Å²) in [6.45, 7) is 0.803. The second kappa shape index (κ2) is 5.15. The predicted octanol–water partition coefficient (Wildman–Crippen LogP) is 3.94. The van der Waals surface area contributed by atoms with E-state index in [4.69, 9.17) is 10.5 Å². The van der Waals surface area contributed by atoms with Gasteiger partial charge in [0.25, 0.3) is 0 Å². The van der Waals surface area contributed by atoms with Crippen LogP contribution in [0.2, 0.25) is 0 Å². The lowest BCUT2D eigenvalue weighted by atomic mass is 9.70. The molecule has 2 atom stereocenters. The standard InChI is InChI=1S/C15H19BrFNO/c16-13-8-11(17)2-3-12(13)14(18)10-4-7-19-15(9-10)5-1-6-15/h2-3,8,10,14H,1,4-7,9,18H2. The third-order valence-electron chi connectivity index (χ3n) is 4.63. The Kier molecular flexibility index (Phi) is 3.67. The smallest absolute Gasteiger partial charge is 0.124 e. The zero-order chi connectivity index (χ0) is 13.5. The second-order valence-electron chi connectivity index (χ2n) is 5.83. The van der Waals surface area contributed by atoms with E-state index in [9.17, 15) is 4.39 Å². The molecule has 0 amide bonds. The van der Waals surface area contributed by atoms with Crippen LogP contribution in [0, 0.1) is 11.7 Å². The highest BCUT2D eigenvalue weighted by molar-refractivity contribution is 9.10. The van der Waals surface area contributed by atoms with E-state index < -0.39 is 0 Å². The molecule has 1 aliphatic carbocycles. The van der Waals surface area contributed by atoms with Crippen LogP contribution >= 0.6 is 15.9 Å². The van der Waals surface area contributed by atoms with Crippen molar-refractivity contribution in [3.05, 3.63) is 34.1 Å². The molecule has 1 spiro atoms. The van der Waals surface area contributed by atoms with Gasteiger partial charge in [-0.25, -0.2) is 4.39 Å². The van der Waals surface area contributed by atoms with E-state index in [1.165, 1.54) is 31.4 Å². The van der Waals surface area contributed by atoms with Crippen LogP contribution in [-0.2, 0) is 4.74 Å². The van der Waals surface area contributed by atoms with Gasteiger partial charge in [0.2, 0.25) is 0 Å². The molecule has 1 saturated carbocycles. The quantitative estimate of drug-likeness (QED) is 0.892. The summed E-state index contributed by atoms with van der Waals surface area (Å²) in [5.41, 5.74) is 7.52. The van der Waals surface area contributed by atoms with Crippen molar-refractivity contribution in [1.82, 2.24) is 0 Å². The Hall–Kier alpha value is -0.450. The number of hydrogen-bond donors (Lipinski definition) is 1. The summed E-state index contributed by atoms with van der Waals surface area (Å²) >= 11 is 3.42. The first kappa shape index (κ1) is 13.5. The highest BCUT2D eigenvalue weighted by Crippen LogP contribution is 2.47. The molecule has 0 radical (unpaired) electrons. The maximum Gasteiger partial charge on any atom is 0.124 e. The molecule has 4 heteroatoms. The van der Waals surface area contributed by atoms with E-state index in [-0.39, 0.29) is 17.5 Å². The maximum atomic E-state index is 13.1. The molecule has 2 fully saturated rings. The minimum Gasteiger partial charge on any atom is -0.375 e. The van der Waals surface area contributed by atoms with E-state index in [1.54, 1.807) is 6.07 Å². The van der Waals surface area contributed by atoms with Gasteiger partial charge in [-0.1, -0.05) is 22.0 Å². The van der Waals surface area contributed by atoms with Crippen molar-refractivity contribution in [2.75, 3.05) is 6.61 Å². The molecule has 1 heterocycles. The van der Waals surface area contributed by atoms with E-state index in [2.05, 4.69) is 15.9 Å².